The molecule has 1 aliphatic rings. The average Bonchev–Trinajstić information content (AvgIpc) is 2.96. The number of nitrogens with zero attached hydrogens (tertiary/aromatic N) is 2. The fraction of sp³-hybridized carbons (Fsp3) is 0.444. The molecule has 0 aliphatic heterocycles. The number of aromatic nitrogens is 2. The Morgan fingerprint density at radius 1 is 1.43 bits per heavy atom. The molecule has 1 unspecified atom stereocenters. The lowest BCUT2D eigenvalue weighted by molar-refractivity contribution is 0.0696. The van der Waals surface area contributed by atoms with Gasteiger partial charge in [-0.15, -0.1) is 0 Å². The summed E-state index contributed by atoms with van der Waals surface area (Å²) in [5.74, 6) is -0.919. The molecule has 3 rings (SSSR count). The van der Waals surface area contributed by atoms with E-state index in [4.69, 9.17) is 5.11 Å². The predicted octanol–water partition coefficient (Wildman–Crippen LogP) is 3.40. The third kappa shape index (κ3) is 3.79. The van der Waals surface area contributed by atoms with Gasteiger partial charge in [-0.25, -0.2) is 9.78 Å². The number of rotatable bonds is 6. The highest BCUT2D eigenvalue weighted by Crippen LogP contribution is 2.21. The number of pyridine rings is 1. The Hall–Kier alpha value is -2.14. The summed E-state index contributed by atoms with van der Waals surface area (Å²) in [5, 5.41) is 12.6. The van der Waals surface area contributed by atoms with Gasteiger partial charge in [0.05, 0.1) is 17.5 Å². The van der Waals surface area contributed by atoms with E-state index in [1.165, 1.54) is 25.7 Å². The Bertz CT molecular complexity index is 733. The first-order valence-corrected chi connectivity index (χ1v) is 8.24. The van der Waals surface area contributed by atoms with Gasteiger partial charge in [0, 0.05) is 18.8 Å². The molecule has 2 aromatic rings. The molecular weight excluding hydrogens is 290 g/mol. The Morgan fingerprint density at radius 2 is 2.30 bits per heavy atom. The molecule has 0 fully saturated rings. The van der Waals surface area contributed by atoms with Crippen LogP contribution in [0.3, 0.4) is 0 Å². The van der Waals surface area contributed by atoms with Crippen LogP contribution in [-0.4, -0.2) is 26.5 Å². The highest BCUT2D eigenvalue weighted by molar-refractivity contribution is 5.87. The van der Waals surface area contributed by atoms with Crippen molar-refractivity contribution in [3.8, 4) is 0 Å². The van der Waals surface area contributed by atoms with Crippen molar-refractivity contribution in [2.45, 2.75) is 51.6 Å². The number of fused-ring (bicyclic) bond motifs is 1. The summed E-state index contributed by atoms with van der Waals surface area (Å²) in [6.45, 7) is 2.88. The van der Waals surface area contributed by atoms with E-state index in [0.29, 0.717) is 12.6 Å². The van der Waals surface area contributed by atoms with Crippen LogP contribution in [0.15, 0.2) is 36.2 Å². The first-order valence-electron chi connectivity index (χ1n) is 8.24. The summed E-state index contributed by atoms with van der Waals surface area (Å²) in [6.07, 6.45) is 12.0. The first-order chi connectivity index (χ1) is 11.1. The lowest BCUT2D eigenvalue weighted by atomic mass is 9.95. The van der Waals surface area contributed by atoms with Gasteiger partial charge < -0.3 is 14.8 Å². The van der Waals surface area contributed by atoms with E-state index in [0.717, 1.165) is 17.8 Å². The third-order valence-corrected chi connectivity index (χ3v) is 4.41. The Morgan fingerprint density at radius 3 is 3.04 bits per heavy atom. The van der Waals surface area contributed by atoms with E-state index in [2.05, 4.69) is 23.3 Å². The van der Waals surface area contributed by atoms with Crippen molar-refractivity contribution in [1.82, 2.24) is 14.7 Å². The lowest BCUT2D eigenvalue weighted by Crippen LogP contribution is -2.26. The molecule has 2 N–H and O–H groups in total. The quantitative estimate of drug-likeness (QED) is 0.802. The smallest absolute Gasteiger partial charge is 0.337 e. The van der Waals surface area contributed by atoms with Crippen molar-refractivity contribution in [2.24, 2.45) is 0 Å². The molecule has 0 saturated heterocycles. The molecular formula is C18H23N3O2. The normalized spacial score (nSPS) is 16.3. The number of hydrogen-bond acceptors (Lipinski definition) is 3. The molecule has 5 nitrogen and oxygen atoms in total. The molecule has 0 radical (unpaired) electrons. The van der Waals surface area contributed by atoms with Crippen molar-refractivity contribution < 1.29 is 9.90 Å². The summed E-state index contributed by atoms with van der Waals surface area (Å²) in [6, 6.07) is 3.72. The molecule has 2 aromatic heterocycles. The van der Waals surface area contributed by atoms with Crippen molar-refractivity contribution in [2.75, 3.05) is 0 Å². The summed E-state index contributed by atoms with van der Waals surface area (Å²) in [4.78, 5) is 15.4. The summed E-state index contributed by atoms with van der Waals surface area (Å²) < 4.78 is 1.85. The van der Waals surface area contributed by atoms with Crippen molar-refractivity contribution in [3.05, 3.63) is 47.4 Å². The summed E-state index contributed by atoms with van der Waals surface area (Å²) in [7, 11) is 0. The molecule has 0 spiro atoms. The van der Waals surface area contributed by atoms with E-state index in [-0.39, 0.29) is 5.56 Å². The van der Waals surface area contributed by atoms with Crippen LogP contribution >= 0.6 is 0 Å². The van der Waals surface area contributed by atoms with Crippen LogP contribution in [0.5, 0.6) is 0 Å². The predicted molar refractivity (Wildman–Crippen MR) is 89.6 cm³/mol. The Labute approximate surface area is 136 Å². The molecule has 0 amide bonds. The first kappa shape index (κ1) is 15.7. The van der Waals surface area contributed by atoms with Gasteiger partial charge in [-0.05, 0) is 51.2 Å². The molecule has 2 heterocycles. The van der Waals surface area contributed by atoms with Crippen LogP contribution in [0.25, 0.3) is 5.65 Å². The van der Waals surface area contributed by atoms with Crippen LogP contribution in [0.2, 0.25) is 0 Å². The lowest BCUT2D eigenvalue weighted by Gasteiger charge is -2.18. The van der Waals surface area contributed by atoms with Crippen LogP contribution in [0, 0.1) is 0 Å². The molecule has 0 aromatic carbocycles. The van der Waals surface area contributed by atoms with Gasteiger partial charge in [0.25, 0.3) is 0 Å². The van der Waals surface area contributed by atoms with E-state index in [1.807, 2.05) is 4.40 Å². The maximum Gasteiger partial charge on any atom is 0.337 e. The number of imidazole rings is 1. The third-order valence-electron chi connectivity index (χ3n) is 4.41. The van der Waals surface area contributed by atoms with Gasteiger partial charge in [-0.3, -0.25) is 0 Å². The van der Waals surface area contributed by atoms with E-state index in [1.54, 1.807) is 30.1 Å². The second-order valence-corrected chi connectivity index (χ2v) is 6.29. The monoisotopic (exact) mass is 313 g/mol. The van der Waals surface area contributed by atoms with Gasteiger partial charge in [0.2, 0.25) is 0 Å². The van der Waals surface area contributed by atoms with Gasteiger partial charge in [-0.2, -0.15) is 0 Å². The highest BCUT2D eigenvalue weighted by Gasteiger charge is 2.11. The fourth-order valence-electron chi connectivity index (χ4n) is 3.12. The Kier molecular flexibility index (Phi) is 4.76. The van der Waals surface area contributed by atoms with Crippen molar-refractivity contribution in [1.29, 1.82) is 0 Å². The number of hydrogen-bond donors (Lipinski definition) is 2. The van der Waals surface area contributed by atoms with Gasteiger partial charge in [0.1, 0.15) is 5.65 Å². The van der Waals surface area contributed by atoms with Crippen LogP contribution < -0.4 is 5.32 Å². The zero-order valence-corrected chi connectivity index (χ0v) is 13.5. The number of carbonyl (C=O) groups is 1. The van der Waals surface area contributed by atoms with Crippen LogP contribution in [-0.2, 0) is 6.54 Å². The molecule has 1 aliphatic carbocycles. The van der Waals surface area contributed by atoms with Crippen LogP contribution in [0.4, 0.5) is 0 Å². The molecule has 1 atom stereocenters. The minimum absolute atomic E-state index is 0.275. The number of carboxylic acids is 1. The van der Waals surface area contributed by atoms with Crippen molar-refractivity contribution >= 4 is 11.6 Å². The maximum absolute atomic E-state index is 11.1. The van der Waals surface area contributed by atoms with Gasteiger partial charge in [-0.1, -0.05) is 11.6 Å². The SMILES string of the molecule is CC(CC1=CCCCC1)NCc1cnc2ccc(C(=O)O)cn12. The molecule has 5 heteroatoms. The second-order valence-electron chi connectivity index (χ2n) is 6.29. The molecule has 0 bridgehead atoms. The van der Waals surface area contributed by atoms with Crippen LogP contribution in [0.1, 0.15) is 55.1 Å². The number of aromatic carboxylic acids is 1. The van der Waals surface area contributed by atoms with Gasteiger partial charge >= 0.3 is 5.97 Å². The zero-order valence-electron chi connectivity index (χ0n) is 13.5. The topological polar surface area (TPSA) is 66.6 Å². The number of allylic oxidation sites excluding steroid dienone is 1. The Balaban J connectivity index is 1.65. The van der Waals surface area contributed by atoms with E-state index >= 15 is 0 Å². The minimum atomic E-state index is -0.919. The minimum Gasteiger partial charge on any atom is -0.478 e. The highest BCUT2D eigenvalue weighted by atomic mass is 16.4. The van der Waals surface area contributed by atoms with Crippen molar-refractivity contribution in [3.63, 3.8) is 0 Å². The summed E-state index contributed by atoms with van der Waals surface area (Å²) >= 11 is 0. The molecule has 23 heavy (non-hydrogen) atoms. The number of nitrogens with one attached hydrogen (secondary N) is 1. The maximum atomic E-state index is 11.1. The van der Waals surface area contributed by atoms with E-state index < -0.39 is 5.97 Å². The number of carboxylic acid groups (broad SMARTS) is 1. The largest absolute Gasteiger partial charge is 0.478 e. The second kappa shape index (κ2) is 6.96. The fourth-order valence-corrected chi connectivity index (χ4v) is 3.12. The molecule has 122 valence electrons. The zero-order chi connectivity index (χ0) is 16.2. The average molecular weight is 313 g/mol. The summed E-state index contributed by atoms with van der Waals surface area (Å²) in [5.41, 5.74) is 3.58. The van der Waals surface area contributed by atoms with E-state index in [9.17, 15) is 4.79 Å². The van der Waals surface area contributed by atoms with Gasteiger partial charge in [0.15, 0.2) is 0 Å². The molecule has 0 saturated carbocycles. The standard InChI is InChI=1S/C18H23N3O2/c1-13(9-14-5-3-2-4-6-14)19-10-16-11-20-17-8-7-15(18(22)23)12-21(16)17/h5,7-8,11-13,19H,2-4,6,9-10H2,1H3,(H,22,23).